The van der Waals surface area contributed by atoms with E-state index < -0.39 is 57.4 Å². The van der Waals surface area contributed by atoms with Gasteiger partial charge in [-0.05, 0) is 91.2 Å². The summed E-state index contributed by atoms with van der Waals surface area (Å²) in [7, 11) is 0. The van der Waals surface area contributed by atoms with E-state index in [2.05, 4.69) is 4.98 Å². The van der Waals surface area contributed by atoms with E-state index in [-0.39, 0.29) is 48.6 Å². The summed E-state index contributed by atoms with van der Waals surface area (Å²) < 4.78 is 42.1. The van der Waals surface area contributed by atoms with Gasteiger partial charge in [0.2, 0.25) is 11.5 Å². The Morgan fingerprint density at radius 2 is 2.02 bits per heavy atom. The Kier molecular flexibility index (Phi) is 7.19. The Morgan fingerprint density at radius 1 is 1.23 bits per heavy atom. The van der Waals surface area contributed by atoms with Gasteiger partial charge in [-0.2, -0.15) is 4.98 Å². The molecule has 232 valence electrons. The number of aromatic nitrogens is 1. The predicted octanol–water partition coefficient (Wildman–Crippen LogP) is 5.61. The van der Waals surface area contributed by atoms with Crippen molar-refractivity contribution >= 4 is 50.3 Å². The summed E-state index contributed by atoms with van der Waals surface area (Å²) in [6, 6.07) is 10.4. The lowest BCUT2D eigenvalue weighted by atomic mass is 9.45. The van der Waals surface area contributed by atoms with Gasteiger partial charge in [0.25, 0.3) is 0 Å². The van der Waals surface area contributed by atoms with Gasteiger partial charge in [-0.1, -0.05) is 37.3 Å². The Balaban J connectivity index is 1.26. The molecule has 11 heteroatoms. The van der Waals surface area contributed by atoms with Crippen LogP contribution in [-0.4, -0.2) is 55.8 Å². The van der Waals surface area contributed by atoms with Crippen molar-refractivity contribution in [3.63, 3.8) is 0 Å². The number of fused-ring (bicyclic) bond motifs is 6. The first-order valence-corrected chi connectivity index (χ1v) is 17.2. The number of nitrogens with zero attached hydrogens (tertiary/aromatic N) is 1. The van der Waals surface area contributed by atoms with E-state index in [0.717, 1.165) is 4.70 Å². The topological polar surface area (TPSA) is 130 Å². The minimum absolute atomic E-state index is 0.0681. The van der Waals surface area contributed by atoms with Crippen molar-refractivity contribution in [3.8, 4) is 0 Å². The molecule has 3 aromatic rings. The summed E-state index contributed by atoms with van der Waals surface area (Å²) in [5.41, 5.74) is -2.32. The first-order valence-electron chi connectivity index (χ1n) is 15.1. The molecule has 0 amide bonds. The van der Waals surface area contributed by atoms with E-state index in [0.29, 0.717) is 34.7 Å². The van der Waals surface area contributed by atoms with E-state index in [1.165, 1.54) is 29.7 Å². The van der Waals surface area contributed by atoms with Crippen molar-refractivity contribution in [2.45, 2.75) is 74.6 Å². The van der Waals surface area contributed by atoms with Gasteiger partial charge in [0, 0.05) is 23.0 Å². The number of esters is 1. The number of carbonyl (C=O) groups excluding carboxylic acids is 3. The van der Waals surface area contributed by atoms with Crippen LogP contribution in [0.1, 0.15) is 62.9 Å². The molecule has 9 atom stereocenters. The molecule has 0 bridgehead atoms. The maximum Gasteiger partial charge on any atom is 0.375 e. The van der Waals surface area contributed by atoms with Crippen molar-refractivity contribution in [3.05, 3.63) is 60.1 Å². The fourth-order valence-corrected chi connectivity index (χ4v) is 11.5. The van der Waals surface area contributed by atoms with Crippen molar-refractivity contribution in [1.82, 2.24) is 4.98 Å². The number of aliphatic hydroxyl groups excluding tert-OH is 1. The molecule has 0 aliphatic heterocycles. The van der Waals surface area contributed by atoms with Gasteiger partial charge in [-0.3, -0.25) is 9.59 Å². The number of rotatable bonds is 6. The smallest absolute Gasteiger partial charge is 0.375 e. The van der Waals surface area contributed by atoms with Crippen LogP contribution in [0, 0.1) is 28.6 Å². The van der Waals surface area contributed by atoms with Crippen molar-refractivity contribution in [2.24, 2.45) is 28.6 Å². The molecule has 4 aliphatic rings. The van der Waals surface area contributed by atoms with Gasteiger partial charge < -0.3 is 18.8 Å². The normalized spacial score (nSPS) is 37.1. The molecule has 0 radical (unpaired) electrons. The first kappa shape index (κ1) is 29.8. The second-order valence-corrected chi connectivity index (χ2v) is 15.9. The number of hydrogen-bond acceptors (Lipinski definition) is 9. The zero-order chi connectivity index (χ0) is 31.0. The molecule has 3 saturated carbocycles. The number of hydrogen-bond donors (Lipinski definition) is 1. The Bertz CT molecular complexity index is 1640. The average molecular weight is 640 g/mol. The number of carbonyl (C=O) groups is 3. The minimum Gasteiger partial charge on any atom is -0.609 e. The standard InChI is InChI=1S/C33H34FNO7S2/c1-31-11-9-18(36)14-21(31)22(34)15-19-20-10-12-33(32(20,2)16-24(37)28(19)31,42-29(39)25-7-5-13-41-25)27(38)17-44(40)30-35-23-6-3-4-8-26(23)43-30/h3-8,13-14,19-20,22,24,28,37H,9-12,15-17H2,1-2H3/t19?,20?,22-,24-,28?,31?,32?,33-,44?/m0/s1. The van der Waals surface area contributed by atoms with Crippen molar-refractivity contribution in [1.29, 1.82) is 0 Å². The molecule has 7 rings (SSSR count). The number of aliphatic hydroxyl groups is 1. The van der Waals surface area contributed by atoms with Gasteiger partial charge in [0.1, 0.15) is 6.17 Å². The Hall–Kier alpha value is -2.86. The average Bonchev–Trinajstić information content (AvgIpc) is 3.72. The largest absolute Gasteiger partial charge is 0.609 e. The molecule has 2 aromatic heterocycles. The molecular formula is C33H34FNO7S2. The highest BCUT2D eigenvalue weighted by Gasteiger charge is 2.71. The van der Waals surface area contributed by atoms with Gasteiger partial charge in [0.05, 0.1) is 22.6 Å². The predicted molar refractivity (Wildman–Crippen MR) is 161 cm³/mol. The molecule has 44 heavy (non-hydrogen) atoms. The third-order valence-corrected chi connectivity index (χ3v) is 13.8. The van der Waals surface area contributed by atoms with Crippen molar-refractivity contribution in [2.75, 3.05) is 5.75 Å². The first-order chi connectivity index (χ1) is 21.0. The molecular weight excluding hydrogens is 605 g/mol. The lowest BCUT2D eigenvalue weighted by molar-refractivity contribution is -0.183. The Labute approximate surface area is 261 Å². The van der Waals surface area contributed by atoms with E-state index in [4.69, 9.17) is 9.15 Å². The summed E-state index contributed by atoms with van der Waals surface area (Å²) in [5, 5.41) is 11.9. The van der Waals surface area contributed by atoms with Crippen LogP contribution in [0.3, 0.4) is 0 Å². The summed E-state index contributed by atoms with van der Waals surface area (Å²) in [6.07, 6.45) is 2.13. The fourth-order valence-electron chi connectivity index (χ4n) is 9.21. The quantitative estimate of drug-likeness (QED) is 0.272. The molecule has 3 fully saturated rings. The number of ketones is 2. The molecule has 1 aromatic carbocycles. The van der Waals surface area contributed by atoms with Crippen LogP contribution < -0.4 is 0 Å². The number of para-hydroxylation sites is 1. The number of thiazole rings is 1. The second-order valence-electron chi connectivity index (χ2n) is 13.3. The number of alkyl halides is 1. The van der Waals surface area contributed by atoms with Gasteiger partial charge in [-0.15, -0.1) is 0 Å². The number of halogens is 1. The maximum atomic E-state index is 15.9. The summed E-state index contributed by atoms with van der Waals surface area (Å²) in [4.78, 5) is 44.6. The van der Waals surface area contributed by atoms with Gasteiger partial charge >= 0.3 is 10.3 Å². The number of Topliss-reactive ketones (excluding diaryl/α,β-unsaturated/α-hetero) is 1. The highest BCUT2D eigenvalue weighted by atomic mass is 32.2. The number of furan rings is 1. The maximum absolute atomic E-state index is 15.9. The number of allylic oxidation sites excluding steroid dienone is 1. The molecule has 8 nitrogen and oxygen atoms in total. The lowest BCUT2D eigenvalue weighted by Gasteiger charge is -2.61. The Morgan fingerprint density at radius 3 is 2.77 bits per heavy atom. The summed E-state index contributed by atoms with van der Waals surface area (Å²) >= 11 is -0.556. The van der Waals surface area contributed by atoms with Crippen LogP contribution >= 0.6 is 11.3 Å². The minimum atomic E-state index is -1.81. The van der Waals surface area contributed by atoms with E-state index >= 15 is 4.39 Å². The second kappa shape index (κ2) is 10.6. The summed E-state index contributed by atoms with van der Waals surface area (Å²) in [5.74, 6) is -2.77. The molecule has 6 unspecified atom stereocenters. The van der Waals surface area contributed by atoms with Gasteiger partial charge in [0.15, 0.2) is 17.1 Å². The lowest BCUT2D eigenvalue weighted by Crippen LogP contribution is -2.64. The van der Waals surface area contributed by atoms with Crippen LogP contribution in [0.25, 0.3) is 10.2 Å². The highest BCUT2D eigenvalue weighted by Crippen LogP contribution is 2.68. The number of ether oxygens (including phenoxy) is 1. The monoisotopic (exact) mass is 639 g/mol. The zero-order valence-corrected chi connectivity index (χ0v) is 26.1. The molecule has 4 aliphatic carbocycles. The van der Waals surface area contributed by atoms with Crippen LogP contribution in [0.5, 0.6) is 0 Å². The SMILES string of the molecule is CC12CCC(=O)C=C1[C@@H](F)CC1C2[C@@H](O)CC2(C)C1CC[C@]2(OC(=O)c1ccco1)C(=O)C[S+]([O-])c1nc2ccccc2s1. The van der Waals surface area contributed by atoms with Crippen LogP contribution in [0.2, 0.25) is 0 Å². The third kappa shape index (κ3) is 4.37. The van der Waals surface area contributed by atoms with E-state index in [1.807, 2.05) is 38.1 Å². The zero-order valence-electron chi connectivity index (χ0n) is 24.5. The summed E-state index contributed by atoms with van der Waals surface area (Å²) in [6.45, 7) is 3.80. The molecule has 0 spiro atoms. The fraction of sp³-hybridized carbons (Fsp3) is 0.515. The van der Waals surface area contributed by atoms with E-state index in [1.54, 1.807) is 6.07 Å². The van der Waals surface area contributed by atoms with Crippen LogP contribution in [0.15, 0.2) is 63.1 Å². The highest BCUT2D eigenvalue weighted by molar-refractivity contribution is 7.94. The molecule has 0 saturated heterocycles. The number of benzene rings is 1. The van der Waals surface area contributed by atoms with Crippen LogP contribution in [0.4, 0.5) is 4.39 Å². The van der Waals surface area contributed by atoms with Crippen molar-refractivity contribution < 1.29 is 37.6 Å². The van der Waals surface area contributed by atoms with Gasteiger partial charge in [-0.25, -0.2) is 9.18 Å². The third-order valence-electron chi connectivity index (χ3n) is 11.2. The van der Waals surface area contributed by atoms with E-state index in [9.17, 15) is 24.0 Å². The molecule has 2 heterocycles. The van der Waals surface area contributed by atoms with Crippen LogP contribution in [-0.2, 0) is 25.5 Å². The molecule has 1 N–H and O–H groups in total.